The number of hydrogen-bond acceptors (Lipinski definition) is 4. The highest BCUT2D eigenvalue weighted by Crippen LogP contribution is 2.11. The van der Waals surface area contributed by atoms with Crippen LogP contribution < -0.4 is 10.6 Å². The van der Waals surface area contributed by atoms with Crippen LogP contribution in [0, 0.1) is 12.7 Å². The van der Waals surface area contributed by atoms with E-state index in [1.165, 1.54) is 30.3 Å². The highest BCUT2D eigenvalue weighted by molar-refractivity contribution is 5.96. The zero-order valence-electron chi connectivity index (χ0n) is 16.1. The third kappa shape index (κ3) is 6.61. The number of aliphatic carboxylic acids is 1. The Kier molecular flexibility index (Phi) is 7.90. The summed E-state index contributed by atoms with van der Waals surface area (Å²) in [5.74, 6) is -2.39. The van der Waals surface area contributed by atoms with Crippen molar-refractivity contribution in [2.24, 2.45) is 5.11 Å². The van der Waals surface area contributed by atoms with Crippen LogP contribution in [0.5, 0.6) is 0 Å². The maximum atomic E-state index is 13.2. The van der Waals surface area contributed by atoms with Gasteiger partial charge in [0.15, 0.2) is 0 Å². The van der Waals surface area contributed by atoms with Crippen molar-refractivity contribution in [2.45, 2.75) is 25.9 Å². The van der Waals surface area contributed by atoms with E-state index in [1.54, 1.807) is 19.1 Å². The maximum absolute atomic E-state index is 13.2. The number of amides is 2. The molecule has 0 heterocycles. The summed E-state index contributed by atoms with van der Waals surface area (Å²) < 4.78 is 13.2. The highest BCUT2D eigenvalue weighted by Gasteiger charge is 2.16. The average molecular weight is 413 g/mol. The molecular formula is C20H20FN5O4. The lowest BCUT2D eigenvalue weighted by Crippen LogP contribution is -2.38. The van der Waals surface area contributed by atoms with Gasteiger partial charge in [-0.1, -0.05) is 17.2 Å². The molecule has 0 aliphatic rings. The van der Waals surface area contributed by atoms with E-state index in [0.717, 1.165) is 5.56 Å². The van der Waals surface area contributed by atoms with Crippen molar-refractivity contribution >= 4 is 17.8 Å². The van der Waals surface area contributed by atoms with Crippen molar-refractivity contribution in [1.29, 1.82) is 0 Å². The predicted molar refractivity (Wildman–Crippen MR) is 106 cm³/mol. The van der Waals surface area contributed by atoms with Crippen LogP contribution in [0.3, 0.4) is 0 Å². The molecule has 2 amide bonds. The number of rotatable bonds is 9. The molecule has 0 saturated carbocycles. The Morgan fingerprint density at radius 1 is 1.17 bits per heavy atom. The number of carboxylic acids is 1. The van der Waals surface area contributed by atoms with Crippen molar-refractivity contribution in [3.63, 3.8) is 0 Å². The second-order valence-corrected chi connectivity index (χ2v) is 6.52. The Morgan fingerprint density at radius 3 is 2.47 bits per heavy atom. The first-order valence-electron chi connectivity index (χ1n) is 8.97. The molecule has 30 heavy (non-hydrogen) atoms. The fourth-order valence-corrected chi connectivity index (χ4v) is 2.71. The van der Waals surface area contributed by atoms with Gasteiger partial charge in [-0.25, -0.2) is 4.39 Å². The van der Waals surface area contributed by atoms with E-state index in [4.69, 9.17) is 10.6 Å². The molecule has 0 unspecified atom stereocenters. The highest BCUT2D eigenvalue weighted by atomic mass is 19.1. The minimum atomic E-state index is -1.13. The summed E-state index contributed by atoms with van der Waals surface area (Å²) in [4.78, 5) is 38.0. The zero-order valence-corrected chi connectivity index (χ0v) is 16.1. The summed E-state index contributed by atoms with van der Waals surface area (Å²) >= 11 is 0. The number of carbonyl (C=O) groups is 3. The Morgan fingerprint density at radius 2 is 1.87 bits per heavy atom. The summed E-state index contributed by atoms with van der Waals surface area (Å²) in [7, 11) is 0. The molecule has 2 aromatic carbocycles. The first-order chi connectivity index (χ1) is 14.3. The van der Waals surface area contributed by atoms with Crippen molar-refractivity contribution in [3.05, 3.63) is 81.0 Å². The molecule has 0 aliphatic heterocycles. The summed E-state index contributed by atoms with van der Waals surface area (Å²) in [5, 5.41) is 17.4. The number of benzene rings is 2. The number of aryl methyl sites for hydroxylation is 1. The fraction of sp³-hybridized carbons (Fsp3) is 0.250. The van der Waals surface area contributed by atoms with Crippen molar-refractivity contribution in [1.82, 2.24) is 10.6 Å². The van der Waals surface area contributed by atoms with E-state index in [9.17, 15) is 18.8 Å². The van der Waals surface area contributed by atoms with Crippen LogP contribution in [0.15, 0.2) is 47.6 Å². The Labute approximate surface area is 171 Å². The number of carbonyl (C=O) groups excluding carboxylic acids is 2. The molecule has 0 fully saturated rings. The Hall–Kier alpha value is -3.91. The molecular weight excluding hydrogens is 393 g/mol. The van der Waals surface area contributed by atoms with Crippen LogP contribution in [-0.2, 0) is 11.3 Å². The number of halogens is 1. The smallest absolute Gasteiger partial charge is 0.305 e. The summed E-state index contributed by atoms with van der Waals surface area (Å²) in [6.45, 7) is 1.67. The minimum absolute atomic E-state index is 0.179. The number of azide groups is 1. The van der Waals surface area contributed by atoms with Crippen LogP contribution in [0.25, 0.3) is 10.4 Å². The molecule has 0 aromatic heterocycles. The lowest BCUT2D eigenvalue weighted by Gasteiger charge is -2.14. The van der Waals surface area contributed by atoms with Crippen molar-refractivity contribution < 1.29 is 23.9 Å². The molecule has 2 rings (SSSR count). The van der Waals surface area contributed by atoms with E-state index < -0.39 is 23.7 Å². The zero-order chi connectivity index (χ0) is 22.1. The summed E-state index contributed by atoms with van der Waals surface area (Å²) in [6.07, 6.45) is -0.377. The van der Waals surface area contributed by atoms with Gasteiger partial charge in [0.1, 0.15) is 5.82 Å². The van der Waals surface area contributed by atoms with E-state index in [-0.39, 0.29) is 31.0 Å². The molecule has 3 N–H and O–H groups in total. The van der Waals surface area contributed by atoms with Gasteiger partial charge in [-0.05, 0) is 53.9 Å². The van der Waals surface area contributed by atoms with Gasteiger partial charge in [-0.3, -0.25) is 14.4 Å². The molecule has 0 spiro atoms. The lowest BCUT2D eigenvalue weighted by atomic mass is 10.1. The molecule has 0 aliphatic carbocycles. The first-order valence-corrected chi connectivity index (χ1v) is 8.97. The van der Waals surface area contributed by atoms with Crippen LogP contribution in [0.2, 0.25) is 0 Å². The second-order valence-electron chi connectivity index (χ2n) is 6.52. The van der Waals surface area contributed by atoms with Gasteiger partial charge in [0.2, 0.25) is 0 Å². The number of carboxylic acid groups (broad SMARTS) is 1. The normalized spacial score (nSPS) is 11.1. The topological polar surface area (TPSA) is 144 Å². The van der Waals surface area contributed by atoms with E-state index in [1.807, 2.05) is 0 Å². The molecule has 9 nitrogen and oxygen atoms in total. The molecule has 1 atom stereocenters. The Bertz CT molecular complexity index is 983. The largest absolute Gasteiger partial charge is 0.481 e. The molecule has 156 valence electrons. The van der Waals surface area contributed by atoms with Gasteiger partial charge in [-0.2, -0.15) is 0 Å². The van der Waals surface area contributed by atoms with Crippen LogP contribution >= 0.6 is 0 Å². The number of nitrogens with one attached hydrogen (secondary N) is 2. The van der Waals surface area contributed by atoms with E-state index >= 15 is 0 Å². The maximum Gasteiger partial charge on any atom is 0.305 e. The Balaban J connectivity index is 1.96. The first kappa shape index (κ1) is 22.4. The standard InChI is InChI=1S/C20H20FN5O4/c1-12-8-15(21)6-7-17(12)20(30)23-10-13-2-4-14(5-3-13)19(29)25-16(9-18(27)28)11-24-26-22/h2-8,16H,9-11H2,1H3,(H,23,30)(H,25,29)(H,27,28)/t16-/m0/s1. The van der Waals surface area contributed by atoms with Gasteiger partial charge >= 0.3 is 5.97 Å². The van der Waals surface area contributed by atoms with E-state index in [2.05, 4.69) is 20.7 Å². The van der Waals surface area contributed by atoms with Gasteiger partial charge < -0.3 is 15.7 Å². The van der Waals surface area contributed by atoms with Gasteiger partial charge in [0.05, 0.1) is 6.42 Å². The minimum Gasteiger partial charge on any atom is -0.481 e. The van der Waals surface area contributed by atoms with Crippen molar-refractivity contribution in [3.8, 4) is 0 Å². The average Bonchev–Trinajstić information content (AvgIpc) is 2.70. The van der Waals surface area contributed by atoms with Crippen LogP contribution in [0.1, 0.15) is 38.3 Å². The molecule has 10 heteroatoms. The predicted octanol–water partition coefficient (Wildman–Crippen LogP) is 2.95. The third-order valence-corrected chi connectivity index (χ3v) is 4.22. The molecule has 0 radical (unpaired) electrons. The monoisotopic (exact) mass is 413 g/mol. The fourth-order valence-electron chi connectivity index (χ4n) is 2.71. The van der Waals surface area contributed by atoms with Crippen molar-refractivity contribution in [2.75, 3.05) is 6.54 Å². The van der Waals surface area contributed by atoms with Crippen LogP contribution in [-0.4, -0.2) is 35.5 Å². The number of nitrogens with zero attached hydrogens (tertiary/aromatic N) is 3. The van der Waals surface area contributed by atoms with Crippen LogP contribution in [0.4, 0.5) is 4.39 Å². The molecule has 0 bridgehead atoms. The SMILES string of the molecule is Cc1cc(F)ccc1C(=O)NCc1ccc(C(=O)N[C@H](CN=[N+]=[N-])CC(=O)O)cc1. The lowest BCUT2D eigenvalue weighted by molar-refractivity contribution is -0.137. The van der Waals surface area contributed by atoms with Gasteiger partial charge in [0, 0.05) is 35.2 Å². The second kappa shape index (κ2) is 10.6. The molecule has 2 aromatic rings. The van der Waals surface area contributed by atoms with Gasteiger partial charge in [-0.15, -0.1) is 0 Å². The van der Waals surface area contributed by atoms with Gasteiger partial charge in [0.25, 0.3) is 11.8 Å². The summed E-state index contributed by atoms with van der Waals surface area (Å²) in [5.41, 5.74) is 10.3. The summed E-state index contributed by atoms with van der Waals surface area (Å²) in [6, 6.07) is 9.44. The molecule has 0 saturated heterocycles. The van der Waals surface area contributed by atoms with E-state index in [0.29, 0.717) is 11.1 Å². The quantitative estimate of drug-likeness (QED) is 0.330. The number of hydrogen-bond donors (Lipinski definition) is 3. The third-order valence-electron chi connectivity index (χ3n) is 4.22.